The highest BCUT2D eigenvalue weighted by atomic mass is 19.4. The molecule has 0 bridgehead atoms. The first-order chi connectivity index (χ1) is 14.9. The van der Waals surface area contributed by atoms with Gasteiger partial charge in [-0.15, -0.1) is 0 Å². The number of rotatable bonds is 9. The van der Waals surface area contributed by atoms with E-state index in [1.807, 2.05) is 0 Å². The summed E-state index contributed by atoms with van der Waals surface area (Å²) in [6, 6.07) is 3.07. The molecule has 1 unspecified atom stereocenters. The number of morpholine rings is 1. The Kier molecular flexibility index (Phi) is 8.57. The van der Waals surface area contributed by atoms with Gasteiger partial charge >= 0.3 is 12.1 Å². The van der Waals surface area contributed by atoms with Gasteiger partial charge in [0.2, 0.25) is 0 Å². The third-order valence-corrected chi connectivity index (χ3v) is 5.51. The first-order valence-electron chi connectivity index (χ1n) is 10.9. The van der Waals surface area contributed by atoms with Crippen molar-refractivity contribution in [2.45, 2.75) is 57.6 Å². The minimum atomic E-state index is -4.61. The maximum atomic E-state index is 13.5. The molecule has 31 heavy (non-hydrogen) atoms. The molecule has 1 aromatic carbocycles. The molecule has 3 rings (SSSR count). The summed E-state index contributed by atoms with van der Waals surface area (Å²) in [6.45, 7) is 5.27. The quantitative estimate of drug-likeness (QED) is 0.418. The highest BCUT2D eigenvalue weighted by Gasteiger charge is 2.36. The van der Waals surface area contributed by atoms with Gasteiger partial charge in [-0.1, -0.05) is 19.8 Å². The summed E-state index contributed by atoms with van der Waals surface area (Å²) in [4.78, 5) is 14.5. The van der Waals surface area contributed by atoms with E-state index in [1.165, 1.54) is 0 Å². The molecule has 0 amide bonds. The van der Waals surface area contributed by atoms with Crippen LogP contribution in [0.3, 0.4) is 0 Å². The summed E-state index contributed by atoms with van der Waals surface area (Å²) in [7, 11) is 0. The Morgan fingerprint density at radius 3 is 2.58 bits per heavy atom. The van der Waals surface area contributed by atoms with Gasteiger partial charge in [-0.3, -0.25) is 4.90 Å². The first-order valence-corrected chi connectivity index (χ1v) is 10.9. The molecular formula is C22H30F3NO5. The van der Waals surface area contributed by atoms with Gasteiger partial charge in [0.15, 0.2) is 6.29 Å². The van der Waals surface area contributed by atoms with Crippen molar-refractivity contribution >= 4 is 5.97 Å². The van der Waals surface area contributed by atoms with Gasteiger partial charge in [-0.05, 0) is 31.0 Å². The van der Waals surface area contributed by atoms with E-state index < -0.39 is 29.7 Å². The lowest BCUT2D eigenvalue weighted by molar-refractivity contribution is -0.146. The normalized spacial score (nSPS) is 19.4. The smallest absolute Gasteiger partial charge is 0.419 e. The number of nitrogens with zero attached hydrogens (tertiary/aromatic N) is 1. The number of hydrogen-bond acceptors (Lipinski definition) is 6. The van der Waals surface area contributed by atoms with Crippen molar-refractivity contribution in [2.24, 2.45) is 0 Å². The number of halogens is 3. The second kappa shape index (κ2) is 11.2. The minimum absolute atomic E-state index is 0.00683. The number of ether oxygens (including phenoxy) is 4. The van der Waals surface area contributed by atoms with Crippen molar-refractivity contribution in [3.63, 3.8) is 0 Å². The number of benzene rings is 1. The Hall–Kier alpha value is -1.84. The number of alkyl halides is 3. The molecule has 9 heteroatoms. The lowest BCUT2D eigenvalue weighted by Crippen LogP contribution is -2.38. The molecule has 1 atom stereocenters. The van der Waals surface area contributed by atoms with Crippen LogP contribution < -0.4 is 4.74 Å². The molecule has 1 heterocycles. The van der Waals surface area contributed by atoms with E-state index in [0.717, 1.165) is 57.0 Å². The highest BCUT2D eigenvalue weighted by Crippen LogP contribution is 2.38. The van der Waals surface area contributed by atoms with E-state index in [1.54, 1.807) is 6.92 Å². The second-order valence-electron chi connectivity index (χ2n) is 7.80. The standard InChI is InChI=1S/C22H30F3NO5/c1-2-20(30-17-5-3-4-6-17)31-19-15-16(7-8-18(19)22(23,24)25)21(27)29-14-11-26-9-12-28-13-10-26/h7-8,15,17,20H,2-6,9-14H2,1H3. The lowest BCUT2D eigenvalue weighted by Gasteiger charge is -2.26. The maximum Gasteiger partial charge on any atom is 0.419 e. The van der Waals surface area contributed by atoms with Gasteiger partial charge in [-0.2, -0.15) is 13.2 Å². The molecule has 0 radical (unpaired) electrons. The predicted molar refractivity (Wildman–Crippen MR) is 107 cm³/mol. The average molecular weight is 445 g/mol. The molecule has 1 saturated carbocycles. The molecule has 0 N–H and O–H groups in total. The average Bonchev–Trinajstić information content (AvgIpc) is 3.26. The van der Waals surface area contributed by atoms with Crippen molar-refractivity contribution in [3.05, 3.63) is 29.3 Å². The van der Waals surface area contributed by atoms with Gasteiger partial charge in [0.1, 0.15) is 12.4 Å². The molecule has 2 fully saturated rings. The molecule has 6 nitrogen and oxygen atoms in total. The fraction of sp³-hybridized carbons (Fsp3) is 0.682. The van der Waals surface area contributed by atoms with Crippen LogP contribution in [-0.2, 0) is 20.4 Å². The van der Waals surface area contributed by atoms with Crippen LogP contribution in [0.4, 0.5) is 13.2 Å². The summed E-state index contributed by atoms with van der Waals surface area (Å²) in [5.41, 5.74) is -0.925. The van der Waals surface area contributed by atoms with E-state index in [2.05, 4.69) is 4.90 Å². The van der Waals surface area contributed by atoms with Gasteiger partial charge in [-0.25, -0.2) is 4.79 Å². The van der Waals surface area contributed by atoms with Crippen LogP contribution in [0, 0.1) is 0 Å². The molecule has 0 aromatic heterocycles. The maximum absolute atomic E-state index is 13.5. The van der Waals surface area contributed by atoms with Crippen LogP contribution in [0.15, 0.2) is 18.2 Å². The third kappa shape index (κ3) is 7.08. The van der Waals surface area contributed by atoms with Gasteiger partial charge < -0.3 is 18.9 Å². The van der Waals surface area contributed by atoms with Crippen LogP contribution >= 0.6 is 0 Å². The van der Waals surface area contributed by atoms with Crippen molar-refractivity contribution in [1.82, 2.24) is 4.90 Å². The summed E-state index contributed by atoms with van der Waals surface area (Å²) >= 11 is 0. The molecule has 1 aromatic rings. The Balaban J connectivity index is 1.65. The van der Waals surface area contributed by atoms with Gasteiger partial charge in [0.05, 0.1) is 30.4 Å². The minimum Gasteiger partial charge on any atom is -0.464 e. The van der Waals surface area contributed by atoms with Crippen molar-refractivity contribution in [3.8, 4) is 5.75 Å². The van der Waals surface area contributed by atoms with Crippen molar-refractivity contribution in [2.75, 3.05) is 39.5 Å². The number of carbonyl (C=O) groups excluding carboxylic acids is 1. The van der Waals surface area contributed by atoms with Crippen molar-refractivity contribution < 1.29 is 36.9 Å². The summed E-state index contributed by atoms with van der Waals surface area (Å²) in [5.74, 6) is -1.10. The fourth-order valence-electron chi connectivity index (χ4n) is 3.74. The second-order valence-corrected chi connectivity index (χ2v) is 7.80. The molecule has 1 aliphatic carbocycles. The SMILES string of the molecule is CCC(Oc1cc(C(=O)OCCN2CCOCC2)ccc1C(F)(F)F)OC1CCCC1. The van der Waals surface area contributed by atoms with Gasteiger partial charge in [0, 0.05) is 26.1 Å². The Morgan fingerprint density at radius 1 is 1.23 bits per heavy atom. The van der Waals surface area contributed by atoms with Crippen LogP contribution in [0.5, 0.6) is 5.75 Å². The van der Waals surface area contributed by atoms with E-state index in [0.29, 0.717) is 26.2 Å². The van der Waals surface area contributed by atoms with Crippen LogP contribution in [-0.4, -0.2) is 62.7 Å². The summed E-state index contributed by atoms with van der Waals surface area (Å²) in [5, 5.41) is 0. The van der Waals surface area contributed by atoms with Crippen molar-refractivity contribution in [1.29, 1.82) is 0 Å². The topological polar surface area (TPSA) is 57.2 Å². The molecule has 1 saturated heterocycles. The molecule has 0 spiro atoms. The van der Waals surface area contributed by atoms with Gasteiger partial charge in [0.25, 0.3) is 0 Å². The zero-order chi connectivity index (χ0) is 22.3. The lowest BCUT2D eigenvalue weighted by atomic mass is 10.1. The molecule has 2 aliphatic rings. The summed E-state index contributed by atoms with van der Waals surface area (Å²) in [6.07, 6.45) is -1.20. The fourth-order valence-corrected chi connectivity index (χ4v) is 3.74. The van der Waals surface area contributed by atoms with Crippen LogP contribution in [0.2, 0.25) is 0 Å². The number of esters is 1. The Labute approximate surface area is 180 Å². The van der Waals surface area contributed by atoms with E-state index in [-0.39, 0.29) is 18.3 Å². The zero-order valence-electron chi connectivity index (χ0n) is 17.8. The van der Waals surface area contributed by atoms with E-state index >= 15 is 0 Å². The largest absolute Gasteiger partial charge is 0.464 e. The van der Waals surface area contributed by atoms with E-state index in [4.69, 9.17) is 18.9 Å². The molecular weight excluding hydrogens is 415 g/mol. The Bertz CT molecular complexity index is 716. The Morgan fingerprint density at radius 2 is 1.94 bits per heavy atom. The third-order valence-electron chi connectivity index (χ3n) is 5.51. The zero-order valence-corrected chi connectivity index (χ0v) is 17.8. The number of carbonyl (C=O) groups is 1. The van der Waals surface area contributed by atoms with Crippen LogP contribution in [0.1, 0.15) is 54.9 Å². The number of hydrogen-bond donors (Lipinski definition) is 0. The predicted octanol–water partition coefficient (Wildman–Crippen LogP) is 4.27. The monoisotopic (exact) mass is 445 g/mol. The molecule has 174 valence electrons. The first kappa shape index (κ1) is 23.8. The highest BCUT2D eigenvalue weighted by molar-refractivity contribution is 5.90. The summed E-state index contributed by atoms with van der Waals surface area (Å²) < 4.78 is 62.5. The van der Waals surface area contributed by atoms with Crippen LogP contribution in [0.25, 0.3) is 0 Å². The molecule has 1 aliphatic heterocycles. The van der Waals surface area contributed by atoms with E-state index in [9.17, 15) is 18.0 Å².